The van der Waals surface area contributed by atoms with E-state index in [2.05, 4.69) is 72.6 Å². The van der Waals surface area contributed by atoms with Crippen molar-refractivity contribution in [3.8, 4) is 0 Å². The first-order chi connectivity index (χ1) is 12.3. The zero-order chi connectivity index (χ0) is 17.1. The minimum absolute atomic E-state index is 0.0467. The first-order valence-corrected chi connectivity index (χ1v) is 9.74. The molecule has 2 aromatic carbocycles. The third-order valence-corrected chi connectivity index (χ3v) is 6.21. The third kappa shape index (κ3) is 3.80. The zero-order valence-corrected chi connectivity index (χ0v) is 15.2. The second-order valence-corrected chi connectivity index (χ2v) is 7.75. The highest BCUT2D eigenvalue weighted by molar-refractivity contribution is 5.29. The summed E-state index contributed by atoms with van der Waals surface area (Å²) in [6.07, 6.45) is 6.75. The molecule has 0 aliphatic carbocycles. The average molecular weight is 335 g/mol. The molecular weight excluding hydrogens is 306 g/mol. The van der Waals surface area contributed by atoms with Gasteiger partial charge in [0, 0.05) is 18.7 Å². The van der Waals surface area contributed by atoms with Crippen LogP contribution in [0, 0.1) is 5.92 Å². The van der Waals surface area contributed by atoms with Gasteiger partial charge in [0.05, 0.1) is 0 Å². The lowest BCUT2D eigenvalue weighted by Gasteiger charge is -2.36. The van der Waals surface area contributed by atoms with E-state index in [0.29, 0.717) is 0 Å². The fourth-order valence-electron chi connectivity index (χ4n) is 4.75. The van der Waals surface area contributed by atoms with Gasteiger partial charge in [0.25, 0.3) is 0 Å². The van der Waals surface area contributed by atoms with E-state index in [9.17, 15) is 0 Å². The summed E-state index contributed by atoms with van der Waals surface area (Å²) in [5, 5.41) is 0. The molecule has 132 valence electrons. The molecule has 3 atom stereocenters. The minimum Gasteiger partial charge on any atom is -0.369 e. The zero-order valence-electron chi connectivity index (χ0n) is 15.2. The fraction of sp³-hybridized carbons (Fsp3) is 0.478. The SMILES string of the molecule is CN1[C@@H]2CC[C@H]1CC(CCOC(c1ccccc1)c1ccccc1)C2. The minimum atomic E-state index is 0.0467. The smallest absolute Gasteiger partial charge is 0.108 e. The Morgan fingerprint density at radius 3 is 1.92 bits per heavy atom. The standard InChI is InChI=1S/C23H29NO/c1-24-21-12-13-22(24)17-18(16-21)14-15-25-23(19-8-4-2-5-9-19)20-10-6-3-7-11-20/h2-11,18,21-23H,12-17H2,1H3/t18?,21-,22+. The van der Waals surface area contributed by atoms with Crippen molar-refractivity contribution in [1.29, 1.82) is 0 Å². The van der Waals surface area contributed by atoms with Crippen LogP contribution >= 0.6 is 0 Å². The Kier molecular flexibility index (Phi) is 5.19. The second kappa shape index (κ2) is 7.72. The number of rotatable bonds is 6. The van der Waals surface area contributed by atoms with Crippen molar-refractivity contribution >= 4 is 0 Å². The Bertz CT molecular complexity index is 603. The van der Waals surface area contributed by atoms with Crippen LogP contribution in [-0.4, -0.2) is 30.6 Å². The van der Waals surface area contributed by atoms with Gasteiger partial charge < -0.3 is 9.64 Å². The van der Waals surface area contributed by atoms with E-state index in [1.54, 1.807) is 0 Å². The quantitative estimate of drug-likeness (QED) is 0.732. The van der Waals surface area contributed by atoms with Gasteiger partial charge in [-0.25, -0.2) is 0 Å². The van der Waals surface area contributed by atoms with Crippen LogP contribution < -0.4 is 0 Å². The predicted octanol–water partition coefficient (Wildman–Crippen LogP) is 5.06. The second-order valence-electron chi connectivity index (χ2n) is 7.75. The van der Waals surface area contributed by atoms with Gasteiger partial charge in [-0.15, -0.1) is 0 Å². The van der Waals surface area contributed by atoms with Crippen molar-refractivity contribution in [2.75, 3.05) is 13.7 Å². The predicted molar refractivity (Wildman–Crippen MR) is 103 cm³/mol. The molecule has 2 aromatic rings. The first kappa shape index (κ1) is 16.8. The summed E-state index contributed by atoms with van der Waals surface area (Å²) in [6, 6.07) is 22.9. The van der Waals surface area contributed by atoms with Crippen LogP contribution in [0.25, 0.3) is 0 Å². The summed E-state index contributed by atoms with van der Waals surface area (Å²) in [7, 11) is 2.32. The molecule has 0 saturated carbocycles. The Balaban J connectivity index is 1.39. The molecule has 2 heteroatoms. The van der Waals surface area contributed by atoms with Gasteiger partial charge in [-0.1, -0.05) is 60.7 Å². The van der Waals surface area contributed by atoms with Gasteiger partial charge in [0.15, 0.2) is 0 Å². The summed E-state index contributed by atoms with van der Waals surface area (Å²) in [4.78, 5) is 2.62. The van der Waals surface area contributed by atoms with Crippen LogP contribution in [0.5, 0.6) is 0 Å². The van der Waals surface area contributed by atoms with Crippen molar-refractivity contribution in [2.24, 2.45) is 5.92 Å². The molecule has 2 saturated heterocycles. The van der Waals surface area contributed by atoms with Gasteiger partial charge in [-0.2, -0.15) is 0 Å². The molecule has 25 heavy (non-hydrogen) atoms. The molecule has 2 aliphatic rings. The highest BCUT2D eigenvalue weighted by Gasteiger charge is 2.38. The summed E-state index contributed by atoms with van der Waals surface area (Å²) in [5.74, 6) is 0.834. The molecule has 0 spiro atoms. The van der Waals surface area contributed by atoms with E-state index >= 15 is 0 Å². The Labute approximate surface area is 151 Å². The largest absolute Gasteiger partial charge is 0.369 e. The van der Waals surface area contributed by atoms with Gasteiger partial charge in [-0.3, -0.25) is 0 Å². The van der Waals surface area contributed by atoms with Gasteiger partial charge in [-0.05, 0) is 56.2 Å². The van der Waals surface area contributed by atoms with Gasteiger partial charge in [0.1, 0.15) is 6.10 Å². The summed E-state index contributed by atoms with van der Waals surface area (Å²) >= 11 is 0. The van der Waals surface area contributed by atoms with Crippen LogP contribution in [0.15, 0.2) is 60.7 Å². The lowest BCUT2D eigenvalue weighted by atomic mass is 9.89. The van der Waals surface area contributed by atoms with Crippen LogP contribution in [0.2, 0.25) is 0 Å². The van der Waals surface area contributed by atoms with E-state index in [-0.39, 0.29) is 6.10 Å². The van der Waals surface area contributed by atoms with Crippen LogP contribution in [0.3, 0.4) is 0 Å². The molecule has 0 aromatic heterocycles. The van der Waals surface area contributed by atoms with Gasteiger partial charge >= 0.3 is 0 Å². The highest BCUT2D eigenvalue weighted by atomic mass is 16.5. The Hall–Kier alpha value is -1.64. The van der Waals surface area contributed by atoms with E-state index in [1.165, 1.54) is 43.2 Å². The molecule has 2 bridgehead atoms. The molecule has 0 amide bonds. The van der Waals surface area contributed by atoms with E-state index in [1.807, 2.05) is 0 Å². The lowest BCUT2D eigenvalue weighted by Crippen LogP contribution is -2.40. The Morgan fingerprint density at radius 1 is 0.880 bits per heavy atom. The molecule has 2 fully saturated rings. The lowest BCUT2D eigenvalue weighted by molar-refractivity contribution is 0.0522. The number of hydrogen-bond acceptors (Lipinski definition) is 2. The van der Waals surface area contributed by atoms with Crippen molar-refractivity contribution in [3.05, 3.63) is 71.8 Å². The van der Waals surface area contributed by atoms with E-state index in [4.69, 9.17) is 4.74 Å². The van der Waals surface area contributed by atoms with Crippen molar-refractivity contribution < 1.29 is 4.74 Å². The number of ether oxygens (including phenoxy) is 1. The molecule has 2 aliphatic heterocycles. The normalized spacial score (nSPS) is 26.2. The monoisotopic (exact) mass is 335 g/mol. The molecule has 2 heterocycles. The highest BCUT2D eigenvalue weighted by Crippen LogP contribution is 2.39. The number of piperidine rings is 1. The Morgan fingerprint density at radius 2 is 1.40 bits per heavy atom. The number of benzene rings is 2. The molecule has 2 nitrogen and oxygen atoms in total. The van der Waals surface area contributed by atoms with Crippen molar-refractivity contribution in [2.45, 2.75) is 50.3 Å². The van der Waals surface area contributed by atoms with Crippen molar-refractivity contribution in [3.63, 3.8) is 0 Å². The number of nitrogens with zero attached hydrogens (tertiary/aromatic N) is 1. The maximum absolute atomic E-state index is 6.42. The van der Waals surface area contributed by atoms with E-state index < -0.39 is 0 Å². The summed E-state index contributed by atoms with van der Waals surface area (Å²) < 4.78 is 6.42. The summed E-state index contributed by atoms with van der Waals surface area (Å²) in [5.41, 5.74) is 2.49. The fourth-order valence-corrected chi connectivity index (χ4v) is 4.75. The summed E-state index contributed by atoms with van der Waals surface area (Å²) in [6.45, 7) is 0.849. The topological polar surface area (TPSA) is 12.5 Å². The molecule has 4 rings (SSSR count). The molecular formula is C23H29NO. The van der Waals surface area contributed by atoms with Crippen LogP contribution in [-0.2, 0) is 4.74 Å². The number of hydrogen-bond donors (Lipinski definition) is 0. The first-order valence-electron chi connectivity index (χ1n) is 9.74. The molecule has 0 N–H and O–H groups in total. The van der Waals surface area contributed by atoms with Crippen molar-refractivity contribution in [1.82, 2.24) is 4.90 Å². The average Bonchev–Trinajstić information content (AvgIpc) is 2.87. The third-order valence-electron chi connectivity index (χ3n) is 6.21. The van der Waals surface area contributed by atoms with Crippen LogP contribution in [0.4, 0.5) is 0 Å². The maximum Gasteiger partial charge on any atom is 0.108 e. The van der Waals surface area contributed by atoms with Crippen LogP contribution in [0.1, 0.15) is 49.3 Å². The molecule has 1 unspecified atom stereocenters. The number of fused-ring (bicyclic) bond motifs is 2. The van der Waals surface area contributed by atoms with Gasteiger partial charge in [0.2, 0.25) is 0 Å². The molecule has 0 radical (unpaired) electrons. The van der Waals surface area contributed by atoms with E-state index in [0.717, 1.165) is 24.6 Å². The maximum atomic E-state index is 6.42.